The van der Waals surface area contributed by atoms with Crippen molar-refractivity contribution in [3.8, 4) is 34.4 Å². The van der Waals surface area contributed by atoms with Gasteiger partial charge in [-0.3, -0.25) is 9.89 Å². The Labute approximate surface area is 247 Å². The lowest BCUT2D eigenvalue weighted by Gasteiger charge is -2.26. The monoisotopic (exact) mass is 566 g/mol. The number of nitrogens with zero attached hydrogens (tertiary/aromatic N) is 4. The highest BCUT2D eigenvalue weighted by molar-refractivity contribution is 5.80. The van der Waals surface area contributed by atoms with Crippen LogP contribution in [0.15, 0.2) is 71.7 Å². The van der Waals surface area contributed by atoms with Crippen LogP contribution in [-0.2, 0) is 26.2 Å². The number of fused-ring (bicyclic) bond motifs is 2. The van der Waals surface area contributed by atoms with Crippen LogP contribution in [-0.4, -0.2) is 54.1 Å². The highest BCUT2D eigenvalue weighted by Crippen LogP contribution is 2.34. The Morgan fingerprint density at radius 3 is 1.95 bits per heavy atom. The number of aliphatic imine (C=N–C) groups is 1. The van der Waals surface area contributed by atoms with Crippen LogP contribution in [0.5, 0.6) is 23.0 Å². The molecule has 1 aromatic heterocycles. The second kappa shape index (κ2) is 13.1. The summed E-state index contributed by atoms with van der Waals surface area (Å²) < 4.78 is 25.8. The normalized spacial score (nSPS) is 14.1. The minimum atomic E-state index is 0.565. The van der Waals surface area contributed by atoms with E-state index in [0.717, 1.165) is 76.3 Å². The zero-order valence-corrected chi connectivity index (χ0v) is 24.4. The molecule has 0 bridgehead atoms. The molecule has 218 valence electrons. The first-order valence-electron chi connectivity index (χ1n) is 14.8. The highest BCUT2D eigenvalue weighted by atomic mass is 16.6. The van der Waals surface area contributed by atoms with Crippen molar-refractivity contribution in [3.05, 3.63) is 89.2 Å². The van der Waals surface area contributed by atoms with Crippen LogP contribution in [0.25, 0.3) is 11.4 Å². The van der Waals surface area contributed by atoms with Gasteiger partial charge in [0.2, 0.25) is 0 Å². The summed E-state index contributed by atoms with van der Waals surface area (Å²) in [6, 6.07) is 22.9. The van der Waals surface area contributed by atoms with Gasteiger partial charge in [-0.1, -0.05) is 55.8 Å². The van der Waals surface area contributed by atoms with Gasteiger partial charge in [-0.15, -0.1) is 0 Å². The molecular formula is C34H38N4O4. The van der Waals surface area contributed by atoms with E-state index in [9.17, 15) is 0 Å². The van der Waals surface area contributed by atoms with Crippen LogP contribution < -0.4 is 18.9 Å². The molecule has 0 N–H and O–H groups in total. The van der Waals surface area contributed by atoms with Gasteiger partial charge in [0.25, 0.3) is 0 Å². The summed E-state index contributed by atoms with van der Waals surface area (Å²) >= 11 is 0. The lowest BCUT2D eigenvalue weighted by Crippen LogP contribution is -2.25. The Kier molecular flexibility index (Phi) is 8.70. The maximum atomic E-state index is 5.91. The van der Waals surface area contributed by atoms with Crippen molar-refractivity contribution in [3.63, 3.8) is 0 Å². The van der Waals surface area contributed by atoms with E-state index < -0.39 is 0 Å². The van der Waals surface area contributed by atoms with Crippen molar-refractivity contribution in [2.24, 2.45) is 4.99 Å². The van der Waals surface area contributed by atoms with Gasteiger partial charge < -0.3 is 23.5 Å². The first-order valence-corrected chi connectivity index (χ1v) is 14.8. The van der Waals surface area contributed by atoms with E-state index >= 15 is 0 Å². The van der Waals surface area contributed by atoms with Crippen LogP contribution in [0.2, 0.25) is 0 Å². The van der Waals surface area contributed by atoms with Crippen LogP contribution in [0, 0.1) is 0 Å². The zero-order valence-electron chi connectivity index (χ0n) is 24.4. The summed E-state index contributed by atoms with van der Waals surface area (Å²) in [6.07, 6.45) is 4.05. The number of hydrogen-bond donors (Lipinski definition) is 0. The first-order chi connectivity index (χ1) is 20.7. The van der Waals surface area contributed by atoms with Gasteiger partial charge in [-0.25, -0.2) is 4.98 Å². The maximum Gasteiger partial charge on any atom is 0.161 e. The van der Waals surface area contributed by atoms with Gasteiger partial charge in [-0.05, 0) is 41.8 Å². The fourth-order valence-electron chi connectivity index (χ4n) is 5.53. The summed E-state index contributed by atoms with van der Waals surface area (Å²) in [6.45, 7) is 7.53. The number of aromatic nitrogens is 2. The number of unbranched alkanes of at least 4 members (excludes halogenated alkanes) is 1. The molecule has 0 fully saturated rings. The predicted molar refractivity (Wildman–Crippen MR) is 164 cm³/mol. The third-order valence-corrected chi connectivity index (χ3v) is 7.52. The first kappa shape index (κ1) is 27.8. The second-order valence-corrected chi connectivity index (χ2v) is 10.6. The van der Waals surface area contributed by atoms with Crippen molar-refractivity contribution < 1.29 is 18.9 Å². The van der Waals surface area contributed by atoms with Crippen LogP contribution in [0.4, 0.5) is 0 Å². The fourth-order valence-corrected chi connectivity index (χ4v) is 5.53. The standard InChI is InChI=1S/C34H38N4O4/c1-3-4-14-38-29(28(21-35-2)36-34(38)27-8-6-5-7-9-27)24-37(22-25-10-12-30-32(19-25)41-17-15-39-30)23-26-11-13-31-33(20-26)42-18-16-40-31/h5-13,19-21H,3-4,14-18,22-24H2,1-2H3. The molecule has 0 spiro atoms. The van der Waals surface area contributed by atoms with Crippen LogP contribution in [0.1, 0.15) is 42.3 Å². The largest absolute Gasteiger partial charge is 0.486 e. The third kappa shape index (κ3) is 6.29. The average molecular weight is 567 g/mol. The molecule has 0 atom stereocenters. The maximum absolute atomic E-state index is 5.91. The summed E-state index contributed by atoms with van der Waals surface area (Å²) in [5.41, 5.74) is 5.48. The summed E-state index contributed by atoms with van der Waals surface area (Å²) in [5.74, 6) is 4.19. The smallest absolute Gasteiger partial charge is 0.161 e. The molecule has 8 heteroatoms. The Balaban J connectivity index is 1.38. The van der Waals surface area contributed by atoms with Gasteiger partial charge in [0.1, 0.15) is 37.9 Å². The van der Waals surface area contributed by atoms with Crippen LogP contribution >= 0.6 is 0 Å². The van der Waals surface area contributed by atoms with Crippen molar-refractivity contribution in [2.45, 2.75) is 45.9 Å². The van der Waals surface area contributed by atoms with Crippen molar-refractivity contribution in [1.29, 1.82) is 0 Å². The van der Waals surface area contributed by atoms with E-state index in [-0.39, 0.29) is 0 Å². The topological polar surface area (TPSA) is 70.3 Å². The fraction of sp³-hybridized carbons (Fsp3) is 0.353. The summed E-state index contributed by atoms with van der Waals surface area (Å²) in [4.78, 5) is 11.9. The quantitative estimate of drug-likeness (QED) is 0.203. The van der Waals surface area contributed by atoms with Gasteiger partial charge in [-0.2, -0.15) is 0 Å². The lowest BCUT2D eigenvalue weighted by atomic mass is 10.1. The molecule has 2 aliphatic heterocycles. The second-order valence-electron chi connectivity index (χ2n) is 10.6. The molecule has 3 aromatic carbocycles. The summed E-state index contributed by atoms with van der Waals surface area (Å²) in [7, 11) is 1.80. The Bertz CT molecular complexity index is 1470. The van der Waals surface area contributed by atoms with E-state index in [2.05, 4.69) is 69.9 Å². The average Bonchev–Trinajstić information content (AvgIpc) is 3.36. The van der Waals surface area contributed by atoms with Crippen LogP contribution in [0.3, 0.4) is 0 Å². The molecule has 0 aliphatic carbocycles. The number of ether oxygens (including phenoxy) is 4. The molecule has 0 saturated carbocycles. The molecule has 0 amide bonds. The van der Waals surface area contributed by atoms with E-state index in [1.807, 2.05) is 24.4 Å². The Hall–Kier alpha value is -4.30. The van der Waals surface area contributed by atoms with E-state index in [1.165, 1.54) is 0 Å². The molecule has 0 unspecified atom stereocenters. The zero-order chi connectivity index (χ0) is 28.7. The minimum Gasteiger partial charge on any atom is -0.486 e. The van der Waals surface area contributed by atoms with Gasteiger partial charge in [0, 0.05) is 45.0 Å². The molecule has 0 radical (unpaired) electrons. The van der Waals surface area contributed by atoms with Gasteiger partial charge in [0.15, 0.2) is 23.0 Å². The molecule has 8 nitrogen and oxygen atoms in total. The van der Waals surface area contributed by atoms with Gasteiger partial charge >= 0.3 is 0 Å². The van der Waals surface area contributed by atoms with E-state index in [1.54, 1.807) is 7.05 Å². The van der Waals surface area contributed by atoms with Crippen molar-refractivity contribution >= 4 is 6.21 Å². The van der Waals surface area contributed by atoms with E-state index in [4.69, 9.17) is 23.9 Å². The molecule has 3 heterocycles. The Morgan fingerprint density at radius 1 is 0.786 bits per heavy atom. The molecule has 42 heavy (non-hydrogen) atoms. The predicted octanol–water partition coefficient (Wildman–Crippen LogP) is 6.14. The third-order valence-electron chi connectivity index (χ3n) is 7.52. The van der Waals surface area contributed by atoms with Gasteiger partial charge in [0.05, 0.1) is 5.69 Å². The number of hydrogen-bond acceptors (Lipinski definition) is 7. The summed E-state index contributed by atoms with van der Waals surface area (Å²) in [5, 5.41) is 0. The molecule has 4 aromatic rings. The lowest BCUT2D eigenvalue weighted by molar-refractivity contribution is 0.170. The Morgan fingerprint density at radius 2 is 1.38 bits per heavy atom. The molecule has 6 rings (SSSR count). The minimum absolute atomic E-state index is 0.565. The molecule has 0 saturated heterocycles. The SMILES string of the molecule is CCCCn1c(-c2ccccc2)nc(C=NC)c1CN(Cc1ccc2c(c1)OCCO2)Cc1ccc2c(c1)OCCO2. The van der Waals surface area contributed by atoms with Crippen molar-refractivity contribution in [2.75, 3.05) is 33.5 Å². The number of benzene rings is 3. The van der Waals surface area contributed by atoms with E-state index in [0.29, 0.717) is 46.1 Å². The molecular weight excluding hydrogens is 528 g/mol. The number of rotatable bonds is 11. The highest BCUT2D eigenvalue weighted by Gasteiger charge is 2.22. The number of imidazole rings is 1. The molecule has 2 aliphatic rings. The van der Waals surface area contributed by atoms with Crippen molar-refractivity contribution in [1.82, 2.24) is 14.5 Å².